The molecule has 106 valence electrons. The zero-order chi connectivity index (χ0) is 13.5. The van der Waals surface area contributed by atoms with Gasteiger partial charge in [0, 0.05) is 32.7 Å². The van der Waals surface area contributed by atoms with Crippen LogP contribution in [0.4, 0.5) is 0 Å². The number of fused-ring (bicyclic) bond motifs is 1. The third-order valence-corrected chi connectivity index (χ3v) is 5.79. The molecule has 3 rings (SSSR count). The highest BCUT2D eigenvalue weighted by molar-refractivity contribution is 5.06. The lowest BCUT2D eigenvalue weighted by Crippen LogP contribution is -2.39. The van der Waals surface area contributed by atoms with Crippen LogP contribution in [0.25, 0.3) is 0 Å². The molecule has 0 aromatic heterocycles. The molecule has 0 N–H and O–H groups in total. The van der Waals surface area contributed by atoms with Crippen LogP contribution in [0.15, 0.2) is 0 Å². The maximum atomic E-state index is 9.63. The Labute approximate surface area is 117 Å². The van der Waals surface area contributed by atoms with Gasteiger partial charge in [-0.05, 0) is 31.2 Å². The van der Waals surface area contributed by atoms with Gasteiger partial charge in [-0.15, -0.1) is 0 Å². The topological polar surface area (TPSA) is 30.3 Å². The van der Waals surface area contributed by atoms with E-state index in [1.54, 1.807) is 0 Å². The summed E-state index contributed by atoms with van der Waals surface area (Å²) in [6.45, 7) is 8.36. The molecule has 0 aromatic rings. The highest BCUT2D eigenvalue weighted by Gasteiger charge is 2.49. The fraction of sp³-hybridized carbons (Fsp3) is 0.938. The van der Waals surface area contributed by atoms with Gasteiger partial charge >= 0.3 is 0 Å². The quantitative estimate of drug-likeness (QED) is 0.764. The minimum atomic E-state index is -0.0286. The van der Waals surface area contributed by atoms with Gasteiger partial charge in [-0.1, -0.05) is 26.2 Å². The molecule has 1 aliphatic carbocycles. The van der Waals surface area contributed by atoms with Crippen molar-refractivity contribution in [3.63, 3.8) is 0 Å². The van der Waals surface area contributed by atoms with Crippen molar-refractivity contribution in [3.8, 4) is 6.07 Å². The van der Waals surface area contributed by atoms with E-state index in [1.165, 1.54) is 45.4 Å². The average molecular weight is 261 g/mol. The van der Waals surface area contributed by atoms with Crippen molar-refractivity contribution in [3.05, 3.63) is 0 Å². The Balaban J connectivity index is 1.65. The van der Waals surface area contributed by atoms with E-state index in [-0.39, 0.29) is 5.41 Å². The number of rotatable bonds is 2. The normalized spacial score (nSPS) is 39.1. The van der Waals surface area contributed by atoms with Gasteiger partial charge in [0.05, 0.1) is 11.5 Å². The van der Waals surface area contributed by atoms with Crippen LogP contribution in [-0.4, -0.2) is 49.6 Å². The second kappa shape index (κ2) is 4.75. The van der Waals surface area contributed by atoms with Crippen LogP contribution in [0, 0.1) is 28.1 Å². The van der Waals surface area contributed by atoms with Gasteiger partial charge in [-0.25, -0.2) is 0 Å². The number of hydrogen-bond acceptors (Lipinski definition) is 3. The molecule has 0 amide bonds. The first-order valence-electron chi connectivity index (χ1n) is 7.87. The van der Waals surface area contributed by atoms with E-state index in [0.717, 1.165) is 25.3 Å². The zero-order valence-electron chi connectivity index (χ0n) is 12.5. The van der Waals surface area contributed by atoms with Crippen molar-refractivity contribution in [2.75, 3.05) is 39.8 Å². The summed E-state index contributed by atoms with van der Waals surface area (Å²) < 4.78 is 0. The summed E-state index contributed by atoms with van der Waals surface area (Å²) in [5.74, 6) is 0.817. The van der Waals surface area contributed by atoms with E-state index in [2.05, 4.69) is 29.8 Å². The van der Waals surface area contributed by atoms with Crippen molar-refractivity contribution in [2.24, 2.45) is 16.7 Å². The predicted molar refractivity (Wildman–Crippen MR) is 76.7 cm³/mol. The molecule has 3 nitrogen and oxygen atoms in total. The lowest BCUT2D eigenvalue weighted by Gasteiger charge is -2.35. The van der Waals surface area contributed by atoms with Gasteiger partial charge in [0.1, 0.15) is 0 Å². The first-order chi connectivity index (χ1) is 9.05. The first-order valence-corrected chi connectivity index (χ1v) is 7.87. The molecule has 0 unspecified atom stereocenters. The van der Waals surface area contributed by atoms with Gasteiger partial charge in [0.15, 0.2) is 0 Å². The van der Waals surface area contributed by atoms with Gasteiger partial charge < -0.3 is 9.80 Å². The van der Waals surface area contributed by atoms with Gasteiger partial charge in [-0.3, -0.25) is 0 Å². The molecule has 0 aromatic carbocycles. The fourth-order valence-corrected chi connectivity index (χ4v) is 4.83. The lowest BCUT2D eigenvalue weighted by molar-refractivity contribution is 0.153. The highest BCUT2D eigenvalue weighted by Crippen LogP contribution is 2.44. The van der Waals surface area contributed by atoms with Crippen molar-refractivity contribution in [2.45, 2.75) is 39.0 Å². The van der Waals surface area contributed by atoms with E-state index in [4.69, 9.17) is 0 Å². The third kappa shape index (κ3) is 2.41. The van der Waals surface area contributed by atoms with Crippen LogP contribution >= 0.6 is 0 Å². The summed E-state index contributed by atoms with van der Waals surface area (Å²) in [5.41, 5.74) is 0.444. The summed E-state index contributed by atoms with van der Waals surface area (Å²) in [7, 11) is 2.24. The molecule has 2 aliphatic heterocycles. The fourth-order valence-electron chi connectivity index (χ4n) is 4.83. The summed E-state index contributed by atoms with van der Waals surface area (Å²) >= 11 is 0. The number of likely N-dealkylation sites (tertiary alicyclic amines) is 2. The first kappa shape index (κ1) is 13.4. The standard InChI is InChI=1S/C16H27N3/c1-15-11-18(2)8-14(15)9-19(12-15)13-16(10-17)6-4-3-5-7-16/h14H,3-9,11-13H2,1-2H3/t14-,15+/m0/s1. The molecule has 2 atom stereocenters. The molecular weight excluding hydrogens is 234 g/mol. The Morgan fingerprint density at radius 1 is 1.16 bits per heavy atom. The molecule has 1 saturated carbocycles. The van der Waals surface area contributed by atoms with Crippen LogP contribution in [-0.2, 0) is 0 Å². The smallest absolute Gasteiger partial charge is 0.0703 e. The zero-order valence-corrected chi connectivity index (χ0v) is 12.5. The van der Waals surface area contributed by atoms with Crippen molar-refractivity contribution < 1.29 is 0 Å². The van der Waals surface area contributed by atoms with E-state index in [9.17, 15) is 5.26 Å². The minimum absolute atomic E-state index is 0.0286. The second-order valence-electron chi connectivity index (χ2n) is 7.67. The summed E-state index contributed by atoms with van der Waals surface area (Å²) in [6.07, 6.45) is 6.09. The van der Waals surface area contributed by atoms with Crippen molar-refractivity contribution in [1.29, 1.82) is 5.26 Å². The lowest BCUT2D eigenvalue weighted by atomic mass is 9.75. The van der Waals surface area contributed by atoms with E-state index in [1.807, 2.05) is 0 Å². The molecule has 2 saturated heterocycles. The van der Waals surface area contributed by atoms with Crippen LogP contribution in [0.1, 0.15) is 39.0 Å². The molecule has 0 radical (unpaired) electrons. The molecule has 3 aliphatic rings. The van der Waals surface area contributed by atoms with Crippen LogP contribution < -0.4 is 0 Å². The van der Waals surface area contributed by atoms with Crippen molar-refractivity contribution >= 4 is 0 Å². The van der Waals surface area contributed by atoms with Crippen LogP contribution in [0.5, 0.6) is 0 Å². The maximum Gasteiger partial charge on any atom is 0.0703 e. The second-order valence-corrected chi connectivity index (χ2v) is 7.67. The maximum absolute atomic E-state index is 9.63. The Kier molecular flexibility index (Phi) is 3.35. The summed E-state index contributed by atoms with van der Waals surface area (Å²) in [5, 5.41) is 9.63. The molecule has 0 spiro atoms. The van der Waals surface area contributed by atoms with Crippen LogP contribution in [0.2, 0.25) is 0 Å². The van der Waals surface area contributed by atoms with E-state index >= 15 is 0 Å². The Hall–Kier alpha value is -0.590. The molecule has 0 bridgehead atoms. The molecular formula is C16H27N3. The van der Waals surface area contributed by atoms with Crippen molar-refractivity contribution in [1.82, 2.24) is 9.80 Å². The van der Waals surface area contributed by atoms with E-state index < -0.39 is 0 Å². The third-order valence-electron chi connectivity index (χ3n) is 5.79. The Bertz CT molecular complexity index is 380. The minimum Gasteiger partial charge on any atom is -0.305 e. The molecule has 3 heteroatoms. The molecule has 19 heavy (non-hydrogen) atoms. The Morgan fingerprint density at radius 3 is 2.53 bits per heavy atom. The SMILES string of the molecule is CN1C[C@H]2CN(CC3(C#N)CCCCC3)C[C@@]2(C)C1. The number of nitriles is 1. The summed E-state index contributed by atoms with van der Waals surface area (Å²) in [4.78, 5) is 5.08. The predicted octanol–water partition coefficient (Wildman–Crippen LogP) is 2.34. The van der Waals surface area contributed by atoms with Gasteiger partial charge in [0.2, 0.25) is 0 Å². The average Bonchev–Trinajstić information content (AvgIpc) is 2.79. The molecule has 2 heterocycles. The van der Waals surface area contributed by atoms with E-state index in [0.29, 0.717) is 5.41 Å². The van der Waals surface area contributed by atoms with Crippen LogP contribution in [0.3, 0.4) is 0 Å². The van der Waals surface area contributed by atoms with Gasteiger partial charge in [0.25, 0.3) is 0 Å². The monoisotopic (exact) mass is 261 g/mol. The number of nitrogens with zero attached hydrogens (tertiary/aromatic N) is 3. The Morgan fingerprint density at radius 2 is 1.89 bits per heavy atom. The summed E-state index contributed by atoms with van der Waals surface area (Å²) in [6, 6.07) is 2.68. The molecule has 3 fully saturated rings. The van der Waals surface area contributed by atoms with Gasteiger partial charge in [-0.2, -0.15) is 5.26 Å². The highest BCUT2D eigenvalue weighted by atomic mass is 15.2. The largest absolute Gasteiger partial charge is 0.305 e. The number of hydrogen-bond donors (Lipinski definition) is 0.